The lowest BCUT2D eigenvalue weighted by Gasteiger charge is -2.28. The number of rotatable bonds is 6. The van der Waals surface area contributed by atoms with Gasteiger partial charge in [-0.3, -0.25) is 19.3 Å². The van der Waals surface area contributed by atoms with Crippen molar-refractivity contribution in [3.8, 4) is 5.75 Å². The molecule has 0 spiro atoms. The molecule has 0 unspecified atom stereocenters. The molecule has 7 heteroatoms. The largest absolute Gasteiger partial charge is 0.482 e. The number of carbonyl (C=O) groups excluding carboxylic acids is 3. The third kappa shape index (κ3) is 3.57. The van der Waals surface area contributed by atoms with Crippen molar-refractivity contribution in [3.63, 3.8) is 0 Å². The Hall–Kier alpha value is -2.08. The summed E-state index contributed by atoms with van der Waals surface area (Å²) in [6.07, 6.45) is 0.702. The van der Waals surface area contributed by atoms with E-state index in [0.717, 1.165) is 0 Å². The van der Waals surface area contributed by atoms with Crippen LogP contribution in [0.2, 0.25) is 0 Å². The predicted molar refractivity (Wildman–Crippen MR) is 80.6 cm³/mol. The second-order valence-corrected chi connectivity index (χ2v) is 5.00. The van der Waals surface area contributed by atoms with Crippen LogP contribution < -0.4 is 9.64 Å². The fourth-order valence-electron chi connectivity index (χ4n) is 2.02. The Bertz CT molecular complexity index is 602. The van der Waals surface area contributed by atoms with Gasteiger partial charge in [-0.15, -0.1) is 11.6 Å². The molecule has 0 N–H and O–H groups in total. The van der Waals surface area contributed by atoms with Crippen LogP contribution in [-0.2, 0) is 14.3 Å². The number of ketones is 1. The smallest absolute Gasteiger partial charge is 0.326 e. The van der Waals surface area contributed by atoms with Gasteiger partial charge < -0.3 is 9.47 Å². The predicted octanol–water partition coefficient (Wildman–Crippen LogP) is 1.79. The number of amides is 1. The molecule has 6 nitrogen and oxygen atoms in total. The summed E-state index contributed by atoms with van der Waals surface area (Å²) < 4.78 is 10.3. The van der Waals surface area contributed by atoms with Crippen LogP contribution in [-0.4, -0.2) is 43.3 Å². The SMILES string of the molecule is CCCOC(=O)CN1C(=O)COc2ccc(C(=O)CCl)cc21. The van der Waals surface area contributed by atoms with Crippen molar-refractivity contribution in [3.05, 3.63) is 23.8 Å². The van der Waals surface area contributed by atoms with Crippen LogP contribution in [0.15, 0.2) is 18.2 Å². The van der Waals surface area contributed by atoms with Gasteiger partial charge in [0.15, 0.2) is 12.4 Å². The first kappa shape index (κ1) is 16.3. The van der Waals surface area contributed by atoms with Crippen molar-refractivity contribution in [1.29, 1.82) is 0 Å². The van der Waals surface area contributed by atoms with E-state index in [1.165, 1.54) is 11.0 Å². The second-order valence-electron chi connectivity index (χ2n) is 4.73. The Morgan fingerprint density at radius 2 is 2.18 bits per heavy atom. The molecule has 0 bridgehead atoms. The molecule has 0 atom stereocenters. The fraction of sp³-hybridized carbons (Fsp3) is 0.400. The van der Waals surface area contributed by atoms with Crippen molar-refractivity contribution < 1.29 is 23.9 Å². The zero-order valence-corrected chi connectivity index (χ0v) is 12.9. The molecular formula is C15H16ClNO5. The number of halogens is 1. The summed E-state index contributed by atoms with van der Waals surface area (Å²) in [6.45, 7) is 1.81. The summed E-state index contributed by atoms with van der Waals surface area (Å²) in [5.41, 5.74) is 0.736. The molecule has 1 amide bonds. The highest BCUT2D eigenvalue weighted by Gasteiger charge is 2.28. The molecule has 22 heavy (non-hydrogen) atoms. The van der Waals surface area contributed by atoms with Crippen LogP contribution in [0.5, 0.6) is 5.75 Å². The average molecular weight is 326 g/mol. The van der Waals surface area contributed by atoms with Crippen LogP contribution in [0.1, 0.15) is 23.7 Å². The highest BCUT2D eigenvalue weighted by Crippen LogP contribution is 2.33. The van der Waals surface area contributed by atoms with Crippen LogP contribution >= 0.6 is 11.6 Å². The summed E-state index contributed by atoms with van der Waals surface area (Å²) in [5, 5.41) is 0. The molecule has 1 aromatic rings. The summed E-state index contributed by atoms with van der Waals surface area (Å²) in [6, 6.07) is 4.67. The summed E-state index contributed by atoms with van der Waals surface area (Å²) in [7, 11) is 0. The van der Waals surface area contributed by atoms with Gasteiger partial charge in [-0.2, -0.15) is 0 Å². The zero-order valence-electron chi connectivity index (χ0n) is 12.1. The number of ether oxygens (including phenoxy) is 2. The van der Waals surface area contributed by atoms with Gasteiger partial charge in [0.25, 0.3) is 5.91 Å². The zero-order chi connectivity index (χ0) is 16.1. The van der Waals surface area contributed by atoms with Gasteiger partial charge in [0.2, 0.25) is 0 Å². The first-order valence-corrected chi connectivity index (χ1v) is 7.42. The molecule has 1 aliphatic rings. The molecule has 1 aromatic carbocycles. The Labute approximate surface area is 132 Å². The maximum absolute atomic E-state index is 12.0. The monoisotopic (exact) mass is 325 g/mol. The topological polar surface area (TPSA) is 72.9 Å². The number of hydrogen-bond acceptors (Lipinski definition) is 5. The Kier molecular flexibility index (Phi) is 5.38. The lowest BCUT2D eigenvalue weighted by atomic mass is 10.1. The molecule has 1 heterocycles. The number of anilines is 1. The molecule has 0 radical (unpaired) electrons. The third-order valence-corrected chi connectivity index (χ3v) is 3.34. The van der Waals surface area contributed by atoms with E-state index in [1.54, 1.807) is 12.1 Å². The summed E-state index contributed by atoms with van der Waals surface area (Å²) >= 11 is 5.54. The molecule has 0 aliphatic carbocycles. The van der Waals surface area contributed by atoms with E-state index in [0.29, 0.717) is 30.0 Å². The van der Waals surface area contributed by atoms with Gasteiger partial charge in [0.05, 0.1) is 18.2 Å². The number of alkyl halides is 1. The van der Waals surface area contributed by atoms with Gasteiger partial charge >= 0.3 is 5.97 Å². The number of Topliss-reactive ketones (excluding diaryl/α,β-unsaturated/α-hetero) is 1. The molecule has 0 saturated heterocycles. The van der Waals surface area contributed by atoms with Crippen LogP contribution in [0.25, 0.3) is 0 Å². The van der Waals surface area contributed by atoms with E-state index in [-0.39, 0.29) is 30.7 Å². The summed E-state index contributed by atoms with van der Waals surface area (Å²) in [5.74, 6) is -0.856. The number of fused-ring (bicyclic) bond motifs is 1. The Morgan fingerprint density at radius 1 is 1.41 bits per heavy atom. The van der Waals surface area contributed by atoms with Crippen molar-refractivity contribution in [2.24, 2.45) is 0 Å². The molecule has 0 saturated carbocycles. The van der Waals surface area contributed by atoms with Crippen molar-refractivity contribution in [2.45, 2.75) is 13.3 Å². The van der Waals surface area contributed by atoms with E-state index in [2.05, 4.69) is 0 Å². The quantitative estimate of drug-likeness (QED) is 0.453. The standard InChI is InChI=1S/C15H16ClNO5/c1-2-5-21-15(20)8-17-11-6-10(12(18)7-16)3-4-13(11)22-9-14(17)19/h3-4,6H,2,5,7-9H2,1H3. The fourth-order valence-corrected chi connectivity index (χ4v) is 2.17. The number of nitrogens with zero attached hydrogens (tertiary/aromatic N) is 1. The first-order chi connectivity index (χ1) is 10.6. The Morgan fingerprint density at radius 3 is 2.86 bits per heavy atom. The third-order valence-electron chi connectivity index (χ3n) is 3.10. The normalized spacial score (nSPS) is 13.4. The highest BCUT2D eigenvalue weighted by atomic mass is 35.5. The lowest BCUT2D eigenvalue weighted by Crippen LogP contribution is -2.42. The van der Waals surface area contributed by atoms with Crippen molar-refractivity contribution in [2.75, 3.05) is 30.5 Å². The average Bonchev–Trinajstić information content (AvgIpc) is 2.54. The number of esters is 1. The molecule has 0 fully saturated rings. The maximum atomic E-state index is 12.0. The molecule has 2 rings (SSSR count). The maximum Gasteiger partial charge on any atom is 0.326 e. The highest BCUT2D eigenvalue weighted by molar-refractivity contribution is 6.30. The van der Waals surface area contributed by atoms with E-state index >= 15 is 0 Å². The van der Waals surface area contributed by atoms with Crippen LogP contribution in [0, 0.1) is 0 Å². The molecule has 118 valence electrons. The molecular weight excluding hydrogens is 310 g/mol. The van der Waals surface area contributed by atoms with Crippen molar-refractivity contribution >= 4 is 34.9 Å². The van der Waals surface area contributed by atoms with Gasteiger partial charge in [-0.1, -0.05) is 6.92 Å². The van der Waals surface area contributed by atoms with Crippen LogP contribution in [0.3, 0.4) is 0 Å². The first-order valence-electron chi connectivity index (χ1n) is 6.88. The van der Waals surface area contributed by atoms with Gasteiger partial charge in [-0.05, 0) is 24.6 Å². The second kappa shape index (κ2) is 7.26. The van der Waals surface area contributed by atoms with Gasteiger partial charge in [0.1, 0.15) is 12.3 Å². The van der Waals surface area contributed by atoms with E-state index in [4.69, 9.17) is 21.1 Å². The minimum Gasteiger partial charge on any atom is -0.482 e. The van der Waals surface area contributed by atoms with Crippen molar-refractivity contribution in [1.82, 2.24) is 0 Å². The van der Waals surface area contributed by atoms with Gasteiger partial charge in [0, 0.05) is 5.56 Å². The lowest BCUT2D eigenvalue weighted by molar-refractivity contribution is -0.143. The van der Waals surface area contributed by atoms with E-state index in [9.17, 15) is 14.4 Å². The minimum absolute atomic E-state index is 0.156. The van der Waals surface area contributed by atoms with Crippen LogP contribution in [0.4, 0.5) is 5.69 Å². The van der Waals surface area contributed by atoms with E-state index in [1.807, 2.05) is 6.92 Å². The molecule has 0 aromatic heterocycles. The number of carbonyl (C=O) groups is 3. The van der Waals surface area contributed by atoms with E-state index < -0.39 is 5.97 Å². The summed E-state index contributed by atoms with van der Waals surface area (Å²) in [4.78, 5) is 36.7. The number of benzene rings is 1. The number of hydrogen-bond donors (Lipinski definition) is 0. The Balaban J connectivity index is 2.26. The minimum atomic E-state index is -0.503. The van der Waals surface area contributed by atoms with Gasteiger partial charge in [-0.25, -0.2) is 0 Å². The molecule has 1 aliphatic heterocycles.